The first-order chi connectivity index (χ1) is 4.29. The largest absolute Gasteiger partial charge is 0.326 e. The summed E-state index contributed by atoms with van der Waals surface area (Å²) in [6.07, 6.45) is 2.67. The maximum absolute atomic E-state index is 10.4. The van der Waals surface area contributed by atoms with E-state index in [0.717, 1.165) is 0 Å². The molecular formula is C4H5N3O2. The number of carbonyl (C=O) groups excluding carboxylic acids is 2. The SMILES string of the molecule is O=C1NC=CNC(=O)N1. The van der Waals surface area contributed by atoms with Crippen LogP contribution >= 0.6 is 0 Å². The van der Waals surface area contributed by atoms with Crippen LogP contribution in [0.5, 0.6) is 0 Å². The maximum atomic E-state index is 10.4. The van der Waals surface area contributed by atoms with E-state index in [9.17, 15) is 9.59 Å². The number of amides is 4. The Bertz CT molecular complexity index is 157. The van der Waals surface area contributed by atoms with Gasteiger partial charge >= 0.3 is 12.1 Å². The highest BCUT2D eigenvalue weighted by molar-refractivity contribution is 5.94. The van der Waals surface area contributed by atoms with Crippen molar-refractivity contribution in [3.63, 3.8) is 0 Å². The molecular weight excluding hydrogens is 122 g/mol. The number of urea groups is 2. The summed E-state index contributed by atoms with van der Waals surface area (Å²) in [4.78, 5) is 20.7. The quantitative estimate of drug-likeness (QED) is 0.409. The molecule has 0 aromatic rings. The van der Waals surface area contributed by atoms with E-state index in [-0.39, 0.29) is 0 Å². The van der Waals surface area contributed by atoms with Gasteiger partial charge in [0.05, 0.1) is 0 Å². The Morgan fingerprint density at radius 3 is 1.89 bits per heavy atom. The molecule has 4 amide bonds. The van der Waals surface area contributed by atoms with Gasteiger partial charge in [-0.2, -0.15) is 0 Å². The molecule has 1 aliphatic rings. The van der Waals surface area contributed by atoms with Crippen molar-refractivity contribution in [1.82, 2.24) is 16.0 Å². The number of nitrogens with one attached hydrogen (secondary N) is 3. The highest BCUT2D eigenvalue weighted by Gasteiger charge is 2.05. The molecule has 48 valence electrons. The molecule has 0 saturated heterocycles. The van der Waals surface area contributed by atoms with E-state index in [1.807, 2.05) is 5.32 Å². The summed E-state index contributed by atoms with van der Waals surface area (Å²) in [6, 6.07) is -1.05. The Morgan fingerprint density at radius 1 is 1.00 bits per heavy atom. The van der Waals surface area contributed by atoms with Crippen molar-refractivity contribution in [3.05, 3.63) is 12.4 Å². The molecule has 1 heterocycles. The van der Waals surface area contributed by atoms with Crippen molar-refractivity contribution in [2.45, 2.75) is 0 Å². The zero-order valence-electron chi connectivity index (χ0n) is 4.47. The second-order valence-electron chi connectivity index (χ2n) is 1.41. The Kier molecular flexibility index (Phi) is 1.35. The van der Waals surface area contributed by atoms with Gasteiger partial charge in [-0.25, -0.2) is 9.59 Å². The number of hydrogen-bond acceptors (Lipinski definition) is 2. The molecule has 0 radical (unpaired) electrons. The Labute approximate surface area is 51.1 Å². The highest BCUT2D eigenvalue weighted by Crippen LogP contribution is 1.73. The van der Waals surface area contributed by atoms with Gasteiger partial charge in [-0.1, -0.05) is 0 Å². The van der Waals surface area contributed by atoms with Gasteiger partial charge in [-0.3, -0.25) is 5.32 Å². The predicted octanol–water partition coefficient (Wildman–Crippen LogP) is -0.520. The lowest BCUT2D eigenvalue weighted by Gasteiger charge is -1.95. The Morgan fingerprint density at radius 2 is 1.44 bits per heavy atom. The van der Waals surface area contributed by atoms with Gasteiger partial charge in [-0.05, 0) is 0 Å². The van der Waals surface area contributed by atoms with Gasteiger partial charge in [-0.15, -0.1) is 0 Å². The van der Waals surface area contributed by atoms with E-state index in [1.165, 1.54) is 12.4 Å². The van der Waals surface area contributed by atoms with Gasteiger partial charge in [0, 0.05) is 12.4 Å². The van der Waals surface area contributed by atoms with Crippen LogP contribution < -0.4 is 16.0 Å². The third-order valence-electron chi connectivity index (χ3n) is 0.739. The average Bonchev–Trinajstić information content (AvgIpc) is 1.93. The van der Waals surface area contributed by atoms with Crippen molar-refractivity contribution in [1.29, 1.82) is 0 Å². The van der Waals surface area contributed by atoms with Crippen LogP contribution in [0.15, 0.2) is 12.4 Å². The topological polar surface area (TPSA) is 70.2 Å². The maximum Gasteiger partial charge on any atom is 0.326 e. The minimum Gasteiger partial charge on any atom is -0.313 e. The highest BCUT2D eigenvalue weighted by atomic mass is 16.2. The van der Waals surface area contributed by atoms with E-state index in [4.69, 9.17) is 0 Å². The fourth-order valence-corrected chi connectivity index (χ4v) is 0.410. The van der Waals surface area contributed by atoms with Gasteiger partial charge in [0.15, 0.2) is 0 Å². The van der Waals surface area contributed by atoms with Gasteiger partial charge in [0.1, 0.15) is 0 Å². The molecule has 0 atom stereocenters. The lowest BCUT2D eigenvalue weighted by atomic mass is 10.9. The van der Waals surface area contributed by atoms with Crippen LogP contribution in [-0.4, -0.2) is 12.1 Å². The van der Waals surface area contributed by atoms with Crippen molar-refractivity contribution < 1.29 is 9.59 Å². The third-order valence-corrected chi connectivity index (χ3v) is 0.739. The summed E-state index contributed by atoms with van der Waals surface area (Å²) >= 11 is 0. The molecule has 0 bridgehead atoms. The number of imide groups is 1. The first-order valence-electron chi connectivity index (χ1n) is 2.32. The minimum atomic E-state index is -0.527. The van der Waals surface area contributed by atoms with Crippen LogP contribution in [0.1, 0.15) is 0 Å². The summed E-state index contributed by atoms with van der Waals surface area (Å²) < 4.78 is 0. The van der Waals surface area contributed by atoms with Gasteiger partial charge < -0.3 is 10.6 Å². The number of carbonyl (C=O) groups is 2. The molecule has 0 saturated carbocycles. The zero-order valence-corrected chi connectivity index (χ0v) is 4.47. The molecule has 9 heavy (non-hydrogen) atoms. The third kappa shape index (κ3) is 1.45. The van der Waals surface area contributed by atoms with Crippen LogP contribution in [0.3, 0.4) is 0 Å². The molecule has 0 unspecified atom stereocenters. The molecule has 0 aliphatic carbocycles. The normalized spacial score (nSPS) is 17.3. The Balaban J connectivity index is 2.60. The summed E-state index contributed by atoms with van der Waals surface area (Å²) in [5.74, 6) is 0. The summed E-state index contributed by atoms with van der Waals surface area (Å²) in [7, 11) is 0. The van der Waals surface area contributed by atoms with E-state index in [0.29, 0.717) is 0 Å². The van der Waals surface area contributed by atoms with Crippen LogP contribution in [-0.2, 0) is 0 Å². The van der Waals surface area contributed by atoms with Gasteiger partial charge in [0.2, 0.25) is 0 Å². The molecule has 1 aliphatic heterocycles. The van der Waals surface area contributed by atoms with Crippen LogP contribution in [0.25, 0.3) is 0 Å². The predicted molar refractivity (Wildman–Crippen MR) is 29.3 cm³/mol. The monoisotopic (exact) mass is 127 g/mol. The zero-order chi connectivity index (χ0) is 6.69. The van der Waals surface area contributed by atoms with Crippen LogP contribution in [0.2, 0.25) is 0 Å². The van der Waals surface area contributed by atoms with Crippen LogP contribution in [0, 0.1) is 0 Å². The molecule has 5 nitrogen and oxygen atoms in total. The molecule has 0 aromatic heterocycles. The minimum absolute atomic E-state index is 0.527. The van der Waals surface area contributed by atoms with Crippen molar-refractivity contribution in [3.8, 4) is 0 Å². The summed E-state index contributed by atoms with van der Waals surface area (Å²) in [5.41, 5.74) is 0. The molecule has 1 rings (SSSR count). The second-order valence-corrected chi connectivity index (χ2v) is 1.41. The van der Waals surface area contributed by atoms with Crippen molar-refractivity contribution >= 4 is 12.1 Å². The first kappa shape index (κ1) is 5.61. The summed E-state index contributed by atoms with van der Waals surface area (Å²) in [5, 5.41) is 6.50. The summed E-state index contributed by atoms with van der Waals surface area (Å²) in [6.45, 7) is 0. The van der Waals surface area contributed by atoms with Crippen molar-refractivity contribution in [2.24, 2.45) is 0 Å². The molecule has 0 spiro atoms. The molecule has 0 aromatic carbocycles. The van der Waals surface area contributed by atoms with Crippen molar-refractivity contribution in [2.75, 3.05) is 0 Å². The van der Waals surface area contributed by atoms with E-state index in [2.05, 4.69) is 10.6 Å². The van der Waals surface area contributed by atoms with Gasteiger partial charge in [0.25, 0.3) is 0 Å². The molecule has 5 heteroatoms. The number of rotatable bonds is 0. The standard InChI is InChI=1S/C4H5N3O2/c8-3-5-1-2-6-4(9)7-3/h1-2H,(H3,5,6,7,8,9). The van der Waals surface area contributed by atoms with E-state index < -0.39 is 12.1 Å². The molecule has 0 fully saturated rings. The van der Waals surface area contributed by atoms with E-state index in [1.54, 1.807) is 0 Å². The lowest BCUT2D eigenvalue weighted by Crippen LogP contribution is -2.38. The van der Waals surface area contributed by atoms with Crippen LogP contribution in [0.4, 0.5) is 9.59 Å². The fourth-order valence-electron chi connectivity index (χ4n) is 0.410. The first-order valence-corrected chi connectivity index (χ1v) is 2.32. The smallest absolute Gasteiger partial charge is 0.313 e. The number of hydrogen-bond donors (Lipinski definition) is 3. The van der Waals surface area contributed by atoms with E-state index >= 15 is 0 Å². The molecule has 3 N–H and O–H groups in total. The average molecular weight is 127 g/mol. The second kappa shape index (κ2) is 2.17. The Hall–Kier alpha value is -1.52. The fraction of sp³-hybridized carbons (Fsp3) is 0. The lowest BCUT2D eigenvalue weighted by molar-refractivity contribution is 0.232.